The molecule has 36 heavy (non-hydrogen) atoms. The number of allylic oxidation sites excluding steroid dienone is 9. The molecule has 1 unspecified atom stereocenters. The van der Waals surface area contributed by atoms with E-state index in [-0.39, 0.29) is 38.8 Å². The first-order chi connectivity index (χ1) is 16.5. The van der Waals surface area contributed by atoms with Crippen LogP contribution in [-0.4, -0.2) is 23.1 Å². The molecule has 1 aliphatic carbocycles. The van der Waals surface area contributed by atoms with Gasteiger partial charge >= 0.3 is 0 Å². The average Bonchev–Trinajstić information content (AvgIpc) is 3.17. The molecule has 1 atom stereocenters. The number of hydrogen-bond acceptors (Lipinski definition) is 6. The second kappa shape index (κ2) is 16.9. The van der Waals surface area contributed by atoms with E-state index in [0.717, 1.165) is 23.1 Å². The third kappa shape index (κ3) is 11.4. The van der Waals surface area contributed by atoms with Crippen molar-refractivity contribution in [3.63, 3.8) is 0 Å². The summed E-state index contributed by atoms with van der Waals surface area (Å²) in [5.41, 5.74) is 17.2. The van der Waals surface area contributed by atoms with Gasteiger partial charge in [-0.2, -0.15) is 22.6 Å². The van der Waals surface area contributed by atoms with Crippen LogP contribution in [0.4, 0.5) is 0 Å². The van der Waals surface area contributed by atoms with E-state index in [1.165, 1.54) is 0 Å². The van der Waals surface area contributed by atoms with Gasteiger partial charge in [-0.25, -0.2) is 11.9 Å². The number of hydrogen-bond donors (Lipinski definition) is 2. The minimum Gasteiger partial charge on any atom is -0.702 e. The zero-order valence-corrected chi connectivity index (χ0v) is 25.1. The van der Waals surface area contributed by atoms with Gasteiger partial charge in [0.15, 0.2) is 0 Å². The average molecular weight is 564 g/mol. The van der Waals surface area contributed by atoms with Crippen LogP contribution in [0.15, 0.2) is 78.0 Å². The van der Waals surface area contributed by atoms with Gasteiger partial charge in [0.1, 0.15) is 5.75 Å². The van der Waals surface area contributed by atoms with Crippen molar-refractivity contribution in [1.82, 2.24) is 9.99 Å². The Hall–Kier alpha value is -2.66. The van der Waals surface area contributed by atoms with Crippen LogP contribution in [-0.2, 0) is 32.7 Å². The largest absolute Gasteiger partial charge is 0.702 e. The zero-order valence-electron chi connectivity index (χ0n) is 22.2. The van der Waals surface area contributed by atoms with E-state index in [1.807, 2.05) is 65.0 Å². The molecule has 8 heteroatoms. The number of rotatable bonds is 8. The molecule has 0 bridgehead atoms. The molecule has 1 aromatic rings. The van der Waals surface area contributed by atoms with Crippen LogP contribution in [0, 0.1) is 22.8 Å². The molecule has 0 spiro atoms. The normalized spacial score (nSPS) is 14.8. The van der Waals surface area contributed by atoms with Crippen molar-refractivity contribution in [2.45, 2.75) is 53.5 Å². The van der Waals surface area contributed by atoms with Gasteiger partial charge in [0, 0.05) is 56.1 Å². The molecule has 0 saturated heterocycles. The summed E-state index contributed by atoms with van der Waals surface area (Å²) >= 11 is 0. The van der Waals surface area contributed by atoms with Crippen molar-refractivity contribution in [3.05, 3.63) is 95.3 Å². The number of nitrogens with two attached hydrogens (primary N) is 2. The van der Waals surface area contributed by atoms with Crippen LogP contribution < -0.4 is 16.3 Å². The van der Waals surface area contributed by atoms with Gasteiger partial charge in [-0.15, -0.1) is 6.08 Å². The van der Waals surface area contributed by atoms with Crippen LogP contribution in [0.3, 0.4) is 0 Å². The fourth-order valence-corrected chi connectivity index (χ4v) is 2.74. The van der Waals surface area contributed by atoms with Crippen LogP contribution in [0.25, 0.3) is 11.4 Å². The van der Waals surface area contributed by atoms with E-state index >= 15 is 0 Å². The number of ether oxygens (including phenoxy) is 1. The maximum absolute atomic E-state index is 8.88. The maximum atomic E-state index is 8.88. The molecule has 1 aliphatic rings. The fraction of sp³-hybridized carbons (Fsp3) is 0.357. The molecule has 0 aromatic carbocycles. The minimum absolute atomic E-state index is 0. The van der Waals surface area contributed by atoms with Gasteiger partial charge in [0.2, 0.25) is 0 Å². The topological polar surface area (TPSA) is 125 Å². The molecular weight excluding hydrogens is 525 g/mol. The monoisotopic (exact) mass is 563 g/mol. The summed E-state index contributed by atoms with van der Waals surface area (Å²) in [5, 5.41) is 10.4. The Balaban J connectivity index is 0.000000794. The molecule has 5 N–H and O–H groups in total. The van der Waals surface area contributed by atoms with Crippen molar-refractivity contribution in [3.8, 4) is 11.8 Å². The molecule has 0 amide bonds. The summed E-state index contributed by atoms with van der Waals surface area (Å²) in [4.78, 5) is 4.08. The SMILES string of the molecule is CC(C)(C#N)C1=C[C-]=CCC=C1.CC/C([NH-])=C\C=C(\C)C(C)N(N)/C=C(\N)c1cncc(OC)c1.[Y]. The van der Waals surface area contributed by atoms with Crippen LogP contribution in [0.5, 0.6) is 5.75 Å². The first-order valence-electron chi connectivity index (χ1n) is 11.5. The van der Waals surface area contributed by atoms with Gasteiger partial charge in [0.25, 0.3) is 0 Å². The molecule has 1 heterocycles. The second-order valence-electron chi connectivity index (χ2n) is 8.62. The molecule has 191 valence electrons. The van der Waals surface area contributed by atoms with Gasteiger partial charge in [-0.3, -0.25) is 11.1 Å². The van der Waals surface area contributed by atoms with Crippen LogP contribution in [0.2, 0.25) is 0 Å². The first kappa shape index (κ1) is 33.3. The summed E-state index contributed by atoms with van der Waals surface area (Å²) in [6, 6.07) is 4.02. The van der Waals surface area contributed by atoms with Crippen molar-refractivity contribution in [1.29, 1.82) is 5.26 Å². The molecule has 0 saturated carbocycles. The molecule has 0 fully saturated rings. The number of hydrazine groups is 1. The summed E-state index contributed by atoms with van der Waals surface area (Å²) < 4.78 is 5.14. The predicted molar refractivity (Wildman–Crippen MR) is 144 cm³/mol. The number of nitrogens with one attached hydrogen (secondary N) is 1. The van der Waals surface area contributed by atoms with E-state index in [0.29, 0.717) is 23.6 Å². The van der Waals surface area contributed by atoms with Gasteiger partial charge in [-0.05, 0) is 31.9 Å². The molecule has 0 aliphatic heterocycles. The summed E-state index contributed by atoms with van der Waals surface area (Å²) in [6.07, 6.45) is 21.2. The Morgan fingerprint density at radius 1 is 1.39 bits per heavy atom. The predicted octanol–water partition coefficient (Wildman–Crippen LogP) is 5.98. The smallest absolute Gasteiger partial charge is 0.137 e. The summed E-state index contributed by atoms with van der Waals surface area (Å²) in [6.45, 7) is 9.72. The molecule has 1 aromatic heterocycles. The van der Waals surface area contributed by atoms with E-state index in [1.54, 1.807) is 42.9 Å². The first-order valence-corrected chi connectivity index (χ1v) is 11.5. The van der Waals surface area contributed by atoms with E-state index in [4.69, 9.17) is 27.3 Å². The van der Waals surface area contributed by atoms with Crippen molar-refractivity contribution < 1.29 is 37.4 Å². The Kier molecular flexibility index (Phi) is 15.7. The number of aromatic nitrogens is 1. The Morgan fingerprint density at radius 2 is 2.08 bits per heavy atom. The van der Waals surface area contributed by atoms with Gasteiger partial charge in [0.05, 0.1) is 31.1 Å². The zero-order chi connectivity index (χ0) is 26.4. The molecule has 1 radical (unpaired) electrons. The third-order valence-electron chi connectivity index (χ3n) is 5.51. The third-order valence-corrected chi connectivity index (χ3v) is 5.51. The van der Waals surface area contributed by atoms with Crippen molar-refractivity contribution in [2.75, 3.05) is 7.11 Å². The molecule has 7 nitrogen and oxygen atoms in total. The second-order valence-corrected chi connectivity index (χ2v) is 8.62. The van der Waals surface area contributed by atoms with E-state index in [9.17, 15) is 0 Å². The molecular formula is C28H38N6OY-2. The number of pyridine rings is 1. The quantitative estimate of drug-likeness (QED) is 0.173. The van der Waals surface area contributed by atoms with Gasteiger partial charge < -0.3 is 21.2 Å². The summed E-state index contributed by atoms with van der Waals surface area (Å²) in [5.74, 6) is 6.72. The summed E-state index contributed by atoms with van der Waals surface area (Å²) in [7, 11) is 1.58. The number of nitriles is 1. The van der Waals surface area contributed by atoms with Crippen LogP contribution >= 0.6 is 0 Å². The van der Waals surface area contributed by atoms with Gasteiger partial charge in [-0.1, -0.05) is 45.4 Å². The number of nitrogens with zero attached hydrogens (tertiary/aromatic N) is 3. The Morgan fingerprint density at radius 3 is 2.69 bits per heavy atom. The van der Waals surface area contributed by atoms with E-state index < -0.39 is 5.41 Å². The maximum Gasteiger partial charge on any atom is 0.137 e. The van der Waals surface area contributed by atoms with E-state index in [2.05, 4.69) is 17.1 Å². The minimum atomic E-state index is -0.401. The standard InChI is InChI=1S/C17H26N5O.C11H12N.Y/c1-5-15(18)7-6-12(2)13(3)22(20)11-17(19)14-8-16(23-4)10-21-9-14;1-11(2,9-12)10-7-5-3-4-6-8-10;/h6-11,13,18H,5,19-20H2,1-4H3;3,6-8H,4H2,1-2H3;/q2*-1;/b12-6-,15-7+,17-11-;;. The number of methoxy groups -OCH3 is 1. The fourth-order valence-electron chi connectivity index (χ4n) is 2.74. The Labute approximate surface area is 242 Å². The van der Waals surface area contributed by atoms with Crippen molar-refractivity contribution in [2.24, 2.45) is 17.0 Å². The van der Waals surface area contributed by atoms with Crippen LogP contribution in [0.1, 0.15) is 53.0 Å². The molecule has 2 rings (SSSR count). The van der Waals surface area contributed by atoms with Crippen molar-refractivity contribution >= 4 is 5.70 Å². The Bertz CT molecular complexity index is 1060.